The number of carboxylic acid groups (broad SMARTS) is 1. The number of aliphatic carboxylic acids is 1. The summed E-state index contributed by atoms with van der Waals surface area (Å²) in [6.45, 7) is 0.349. The van der Waals surface area contributed by atoms with E-state index in [0.29, 0.717) is 0 Å². The largest absolute Gasteiger partial charge is 0.478 e. The van der Waals surface area contributed by atoms with E-state index in [2.05, 4.69) is 15.3 Å². The third kappa shape index (κ3) is 4.09. The standard InChI is InChI=1S/C11H16N4O7/c1-4(17)13-8-5(14-15-12)2-7(11(20)21)22-10(8)9(19)6(18)3-16/h2,5-6,8-10,16,18-19H,3H2,1H3,(H,13,17)(H,20,21)/t5-,6+,8-,9+,10-/m1/s1. The SMILES string of the molecule is CC(=O)N[C@H]1[C@H]([C@@H](O)[C@@H](O)CO)OC(C(=O)O)=C[C@H]1N=[N+]=[N-]. The number of ether oxygens (including phenoxy) is 1. The van der Waals surface area contributed by atoms with Crippen LogP contribution >= 0.6 is 0 Å². The second kappa shape index (κ2) is 7.61. The number of nitrogens with zero attached hydrogens (tertiary/aromatic N) is 3. The summed E-state index contributed by atoms with van der Waals surface area (Å²) in [6, 6.07) is -2.27. The van der Waals surface area contributed by atoms with Crippen LogP contribution in [0.15, 0.2) is 16.9 Å². The van der Waals surface area contributed by atoms with Gasteiger partial charge in [0.25, 0.3) is 0 Å². The molecule has 0 radical (unpaired) electrons. The van der Waals surface area contributed by atoms with Gasteiger partial charge in [-0.25, -0.2) is 4.79 Å². The summed E-state index contributed by atoms with van der Waals surface area (Å²) in [4.78, 5) is 24.8. The molecule has 0 aliphatic carbocycles. The number of nitrogens with one attached hydrogen (secondary N) is 1. The van der Waals surface area contributed by atoms with Gasteiger partial charge in [0.1, 0.15) is 18.3 Å². The molecule has 0 unspecified atom stereocenters. The van der Waals surface area contributed by atoms with Gasteiger partial charge in [0.05, 0.1) is 18.7 Å². The maximum absolute atomic E-state index is 11.3. The van der Waals surface area contributed by atoms with E-state index in [1.807, 2.05) is 0 Å². The molecule has 0 aromatic rings. The molecule has 1 heterocycles. The molecule has 0 saturated carbocycles. The zero-order valence-corrected chi connectivity index (χ0v) is 11.5. The Kier molecular flexibility index (Phi) is 6.13. The molecule has 0 bridgehead atoms. The fraction of sp³-hybridized carbons (Fsp3) is 0.636. The molecular formula is C11H16N4O7. The third-order valence-corrected chi connectivity index (χ3v) is 2.99. The van der Waals surface area contributed by atoms with Crippen molar-refractivity contribution in [3.8, 4) is 0 Å². The first-order valence-corrected chi connectivity index (χ1v) is 6.21. The van der Waals surface area contributed by atoms with Crippen LogP contribution in [0.1, 0.15) is 6.92 Å². The van der Waals surface area contributed by atoms with E-state index < -0.39 is 54.6 Å². The normalized spacial score (nSPS) is 26.7. The van der Waals surface area contributed by atoms with Gasteiger partial charge in [0, 0.05) is 11.8 Å². The highest BCUT2D eigenvalue weighted by Gasteiger charge is 2.43. The van der Waals surface area contributed by atoms with E-state index in [0.717, 1.165) is 13.0 Å². The van der Waals surface area contributed by atoms with Crippen LogP contribution in [0, 0.1) is 0 Å². The Hall–Kier alpha value is -2.33. The summed E-state index contributed by atoms with van der Waals surface area (Å²) in [5.41, 5.74) is 8.55. The van der Waals surface area contributed by atoms with Gasteiger partial charge in [-0.1, -0.05) is 5.11 Å². The van der Waals surface area contributed by atoms with Gasteiger partial charge >= 0.3 is 5.97 Å². The van der Waals surface area contributed by atoms with Crippen molar-refractivity contribution in [1.29, 1.82) is 0 Å². The minimum Gasteiger partial charge on any atom is -0.478 e. The summed E-state index contributed by atoms with van der Waals surface area (Å²) in [5, 5.41) is 43.1. The lowest BCUT2D eigenvalue weighted by Crippen LogP contribution is -2.59. The lowest BCUT2D eigenvalue weighted by atomic mass is 9.92. The summed E-state index contributed by atoms with van der Waals surface area (Å²) in [6.07, 6.45) is -3.81. The Morgan fingerprint density at radius 1 is 1.55 bits per heavy atom. The number of azide groups is 1. The number of aliphatic hydroxyl groups is 3. The molecule has 1 aliphatic rings. The van der Waals surface area contributed by atoms with Crippen LogP contribution in [0.3, 0.4) is 0 Å². The molecule has 11 nitrogen and oxygen atoms in total. The zero-order chi connectivity index (χ0) is 16.9. The van der Waals surface area contributed by atoms with Crippen LogP contribution in [-0.4, -0.2) is 69.3 Å². The Balaban J connectivity index is 3.23. The molecule has 5 N–H and O–H groups in total. The van der Waals surface area contributed by atoms with Crippen molar-refractivity contribution >= 4 is 11.9 Å². The minimum absolute atomic E-state index is 0.547. The molecule has 11 heteroatoms. The average Bonchev–Trinajstić information content (AvgIpc) is 2.46. The van der Waals surface area contributed by atoms with E-state index in [4.69, 9.17) is 20.5 Å². The summed E-state index contributed by atoms with van der Waals surface area (Å²) in [7, 11) is 0. The first-order chi connectivity index (χ1) is 10.3. The molecule has 0 aromatic carbocycles. The van der Waals surface area contributed by atoms with Gasteiger partial charge in [-0.3, -0.25) is 4.79 Å². The van der Waals surface area contributed by atoms with Gasteiger partial charge in [-0.2, -0.15) is 0 Å². The van der Waals surface area contributed by atoms with E-state index >= 15 is 0 Å². The Labute approximate surface area is 124 Å². The van der Waals surface area contributed by atoms with Crippen molar-refractivity contribution < 1.29 is 34.8 Å². The Morgan fingerprint density at radius 3 is 2.64 bits per heavy atom. The molecule has 0 saturated heterocycles. The lowest BCUT2D eigenvalue weighted by Gasteiger charge is -2.38. The average molecular weight is 316 g/mol. The number of rotatable bonds is 6. The van der Waals surface area contributed by atoms with E-state index in [9.17, 15) is 19.8 Å². The van der Waals surface area contributed by atoms with Gasteiger partial charge in [-0.15, -0.1) is 0 Å². The number of carbonyl (C=O) groups excluding carboxylic acids is 1. The van der Waals surface area contributed by atoms with Crippen LogP contribution in [0.5, 0.6) is 0 Å². The molecule has 1 amide bonds. The van der Waals surface area contributed by atoms with E-state index in [-0.39, 0.29) is 0 Å². The number of hydrogen-bond donors (Lipinski definition) is 5. The van der Waals surface area contributed by atoms with Crippen LogP contribution in [0.4, 0.5) is 0 Å². The molecule has 1 aliphatic heterocycles. The van der Waals surface area contributed by atoms with Gasteiger partial charge in [-0.05, 0) is 11.6 Å². The lowest BCUT2D eigenvalue weighted by molar-refractivity contribution is -0.145. The second-order valence-corrected chi connectivity index (χ2v) is 4.58. The number of amides is 1. The number of aliphatic hydroxyl groups excluding tert-OH is 3. The van der Waals surface area contributed by atoms with Gasteiger partial charge < -0.3 is 30.5 Å². The smallest absolute Gasteiger partial charge is 0.370 e. The fourth-order valence-electron chi connectivity index (χ4n) is 2.01. The van der Waals surface area contributed by atoms with Crippen molar-refractivity contribution in [2.75, 3.05) is 6.61 Å². The van der Waals surface area contributed by atoms with Crippen LogP contribution in [0.25, 0.3) is 10.4 Å². The highest BCUT2D eigenvalue weighted by Crippen LogP contribution is 2.24. The zero-order valence-electron chi connectivity index (χ0n) is 11.5. The maximum atomic E-state index is 11.3. The van der Waals surface area contributed by atoms with E-state index in [1.54, 1.807) is 0 Å². The summed E-state index contributed by atoms with van der Waals surface area (Å²) < 4.78 is 5.07. The van der Waals surface area contributed by atoms with Crippen LogP contribution < -0.4 is 5.32 Å². The highest BCUT2D eigenvalue weighted by atomic mass is 16.5. The first kappa shape index (κ1) is 17.7. The van der Waals surface area contributed by atoms with Crippen LogP contribution in [-0.2, 0) is 14.3 Å². The third-order valence-electron chi connectivity index (χ3n) is 2.99. The van der Waals surface area contributed by atoms with Crippen molar-refractivity contribution in [3.05, 3.63) is 22.3 Å². The first-order valence-electron chi connectivity index (χ1n) is 6.21. The number of hydrogen-bond acceptors (Lipinski definition) is 7. The predicted octanol–water partition coefficient (Wildman–Crippen LogP) is -1.75. The Morgan fingerprint density at radius 2 is 2.18 bits per heavy atom. The molecule has 0 fully saturated rings. The van der Waals surface area contributed by atoms with E-state index in [1.165, 1.54) is 0 Å². The fourth-order valence-corrected chi connectivity index (χ4v) is 2.01. The predicted molar refractivity (Wildman–Crippen MR) is 70.2 cm³/mol. The molecular weight excluding hydrogens is 300 g/mol. The van der Waals surface area contributed by atoms with Gasteiger partial charge in [0.15, 0.2) is 0 Å². The minimum atomic E-state index is -1.72. The number of carbonyl (C=O) groups is 2. The quantitative estimate of drug-likeness (QED) is 0.218. The maximum Gasteiger partial charge on any atom is 0.370 e. The Bertz CT molecular complexity index is 517. The number of carboxylic acids is 1. The second-order valence-electron chi connectivity index (χ2n) is 4.58. The summed E-state index contributed by atoms with van der Waals surface area (Å²) in [5.74, 6) is -2.63. The highest BCUT2D eigenvalue weighted by molar-refractivity contribution is 5.84. The summed E-state index contributed by atoms with van der Waals surface area (Å²) >= 11 is 0. The van der Waals surface area contributed by atoms with Crippen molar-refractivity contribution in [3.63, 3.8) is 0 Å². The topological polar surface area (TPSA) is 185 Å². The monoisotopic (exact) mass is 316 g/mol. The molecule has 1 rings (SSSR count). The molecule has 122 valence electrons. The van der Waals surface area contributed by atoms with Gasteiger partial charge in [0.2, 0.25) is 11.7 Å². The van der Waals surface area contributed by atoms with Crippen molar-refractivity contribution in [2.45, 2.75) is 37.3 Å². The van der Waals surface area contributed by atoms with Crippen molar-refractivity contribution in [2.24, 2.45) is 5.11 Å². The van der Waals surface area contributed by atoms with Crippen molar-refractivity contribution in [1.82, 2.24) is 5.32 Å². The molecule has 0 spiro atoms. The van der Waals surface area contributed by atoms with Crippen LogP contribution in [0.2, 0.25) is 0 Å². The molecule has 0 aromatic heterocycles. The molecule has 5 atom stereocenters. The molecule has 22 heavy (non-hydrogen) atoms.